The van der Waals surface area contributed by atoms with Crippen LogP contribution in [-0.2, 0) is 6.54 Å². The highest BCUT2D eigenvalue weighted by atomic mass is 32.2. The Morgan fingerprint density at radius 2 is 2.05 bits per heavy atom. The molecule has 114 valence electrons. The molecule has 0 aliphatic rings. The molecule has 0 fully saturated rings. The summed E-state index contributed by atoms with van der Waals surface area (Å²) in [5, 5.41) is 10.4. The quantitative estimate of drug-likeness (QED) is 0.573. The van der Waals surface area contributed by atoms with Crippen molar-refractivity contribution < 1.29 is 8.78 Å². The first-order valence-electron chi connectivity index (χ1n) is 6.95. The largest absolute Gasteiger partial charge is 0.313 e. The molecule has 3 nitrogen and oxygen atoms in total. The summed E-state index contributed by atoms with van der Waals surface area (Å²) in [6, 6.07) is 7.61. The molecule has 0 amide bonds. The van der Waals surface area contributed by atoms with Gasteiger partial charge in [-0.05, 0) is 30.7 Å². The Morgan fingerprint density at radius 1 is 1.29 bits per heavy atom. The number of rotatable bonds is 8. The van der Waals surface area contributed by atoms with Crippen molar-refractivity contribution in [3.63, 3.8) is 0 Å². The number of aromatic nitrogens is 2. The van der Waals surface area contributed by atoms with Crippen molar-refractivity contribution in [3.8, 4) is 11.3 Å². The molecule has 1 aromatic heterocycles. The van der Waals surface area contributed by atoms with E-state index < -0.39 is 6.43 Å². The fourth-order valence-electron chi connectivity index (χ4n) is 1.97. The fraction of sp³-hybridized carbons (Fsp3) is 0.400. The van der Waals surface area contributed by atoms with E-state index >= 15 is 0 Å². The van der Waals surface area contributed by atoms with E-state index in [1.165, 1.54) is 11.8 Å². The number of aromatic amines is 1. The van der Waals surface area contributed by atoms with Gasteiger partial charge in [-0.2, -0.15) is 5.10 Å². The third-order valence-electron chi connectivity index (χ3n) is 2.98. The van der Waals surface area contributed by atoms with Crippen molar-refractivity contribution in [1.29, 1.82) is 0 Å². The predicted octanol–water partition coefficient (Wildman–Crippen LogP) is 3.93. The third kappa shape index (κ3) is 4.82. The number of halogens is 2. The Labute approximate surface area is 127 Å². The SMILES string of the molecule is CCCNCc1cn[nH]c1-c1ccc(SCC(F)F)cc1. The Bertz CT molecular complexity index is 540. The van der Waals surface area contributed by atoms with Crippen molar-refractivity contribution in [1.82, 2.24) is 15.5 Å². The van der Waals surface area contributed by atoms with E-state index in [0.29, 0.717) is 0 Å². The zero-order chi connectivity index (χ0) is 15.1. The van der Waals surface area contributed by atoms with Gasteiger partial charge in [0.05, 0.1) is 17.6 Å². The number of hydrogen-bond acceptors (Lipinski definition) is 3. The maximum atomic E-state index is 12.2. The molecule has 2 aromatic rings. The molecule has 0 saturated heterocycles. The highest BCUT2D eigenvalue weighted by Crippen LogP contribution is 2.26. The zero-order valence-electron chi connectivity index (χ0n) is 11.9. The van der Waals surface area contributed by atoms with Crippen LogP contribution in [0.2, 0.25) is 0 Å². The van der Waals surface area contributed by atoms with E-state index in [0.717, 1.165) is 41.2 Å². The molecule has 0 aliphatic carbocycles. The van der Waals surface area contributed by atoms with Crippen molar-refractivity contribution in [2.24, 2.45) is 0 Å². The molecule has 0 spiro atoms. The molecule has 0 aliphatic heterocycles. The molecule has 21 heavy (non-hydrogen) atoms. The number of alkyl halides is 2. The first kappa shape index (κ1) is 16.0. The minimum absolute atomic E-state index is 0.171. The highest BCUT2D eigenvalue weighted by Gasteiger charge is 2.08. The van der Waals surface area contributed by atoms with E-state index in [9.17, 15) is 8.78 Å². The van der Waals surface area contributed by atoms with Crippen LogP contribution in [-0.4, -0.2) is 28.9 Å². The molecule has 0 unspecified atom stereocenters. The molecular formula is C15H19F2N3S. The number of nitrogens with zero attached hydrogens (tertiary/aromatic N) is 1. The van der Waals surface area contributed by atoms with Crippen molar-refractivity contribution in [3.05, 3.63) is 36.0 Å². The Hall–Kier alpha value is -1.40. The predicted molar refractivity (Wildman–Crippen MR) is 82.7 cm³/mol. The van der Waals surface area contributed by atoms with Crippen LogP contribution in [0.25, 0.3) is 11.3 Å². The maximum absolute atomic E-state index is 12.2. The Balaban J connectivity index is 2.03. The van der Waals surface area contributed by atoms with Crippen LogP contribution in [0.15, 0.2) is 35.4 Å². The lowest BCUT2D eigenvalue weighted by molar-refractivity contribution is 0.177. The van der Waals surface area contributed by atoms with Gasteiger partial charge in [-0.3, -0.25) is 5.10 Å². The number of H-pyrrole nitrogens is 1. The van der Waals surface area contributed by atoms with Gasteiger partial charge in [0.1, 0.15) is 0 Å². The highest BCUT2D eigenvalue weighted by molar-refractivity contribution is 7.99. The average molecular weight is 311 g/mol. The smallest absolute Gasteiger partial charge is 0.247 e. The molecule has 0 radical (unpaired) electrons. The van der Waals surface area contributed by atoms with E-state index in [-0.39, 0.29) is 5.75 Å². The summed E-state index contributed by atoms with van der Waals surface area (Å²) < 4.78 is 24.4. The van der Waals surface area contributed by atoms with Crippen LogP contribution in [0.5, 0.6) is 0 Å². The number of benzene rings is 1. The van der Waals surface area contributed by atoms with E-state index in [1.807, 2.05) is 30.5 Å². The van der Waals surface area contributed by atoms with Gasteiger partial charge in [-0.15, -0.1) is 11.8 Å². The summed E-state index contributed by atoms with van der Waals surface area (Å²) in [6.45, 7) is 3.86. The summed E-state index contributed by atoms with van der Waals surface area (Å²) in [6.07, 6.45) is 0.624. The summed E-state index contributed by atoms with van der Waals surface area (Å²) in [7, 11) is 0. The van der Waals surface area contributed by atoms with Gasteiger partial charge >= 0.3 is 0 Å². The zero-order valence-corrected chi connectivity index (χ0v) is 12.7. The first-order valence-corrected chi connectivity index (χ1v) is 7.93. The second kappa shape index (κ2) is 8.14. The van der Waals surface area contributed by atoms with Gasteiger partial charge in [-0.1, -0.05) is 19.1 Å². The van der Waals surface area contributed by atoms with Gasteiger partial charge in [0.2, 0.25) is 6.43 Å². The van der Waals surface area contributed by atoms with Crippen LogP contribution in [0.4, 0.5) is 8.78 Å². The van der Waals surface area contributed by atoms with Gasteiger partial charge in [0.15, 0.2) is 0 Å². The first-order chi connectivity index (χ1) is 10.2. The van der Waals surface area contributed by atoms with Crippen LogP contribution >= 0.6 is 11.8 Å². The summed E-state index contributed by atoms with van der Waals surface area (Å²) in [4.78, 5) is 0.851. The van der Waals surface area contributed by atoms with Crippen LogP contribution < -0.4 is 5.32 Å². The average Bonchev–Trinajstić information content (AvgIpc) is 2.94. The Kier molecular flexibility index (Phi) is 6.20. The molecule has 0 atom stereocenters. The number of hydrogen-bond donors (Lipinski definition) is 2. The third-order valence-corrected chi connectivity index (χ3v) is 4.00. The van der Waals surface area contributed by atoms with Gasteiger partial charge in [0.25, 0.3) is 0 Å². The molecule has 2 N–H and O–H groups in total. The van der Waals surface area contributed by atoms with Crippen molar-refractivity contribution >= 4 is 11.8 Å². The van der Waals surface area contributed by atoms with E-state index in [2.05, 4.69) is 22.4 Å². The molecule has 6 heteroatoms. The standard InChI is InChI=1S/C15H19F2N3S/c1-2-7-18-8-12-9-19-20-15(12)11-3-5-13(6-4-11)21-10-14(16)17/h3-6,9,14,18H,2,7-8,10H2,1H3,(H,19,20). The molecule has 1 aromatic carbocycles. The van der Waals surface area contributed by atoms with Gasteiger partial charge < -0.3 is 5.32 Å². The monoisotopic (exact) mass is 311 g/mol. The van der Waals surface area contributed by atoms with E-state index in [4.69, 9.17) is 0 Å². The molecule has 0 bridgehead atoms. The van der Waals surface area contributed by atoms with Gasteiger partial charge in [0, 0.05) is 17.0 Å². The Morgan fingerprint density at radius 3 is 2.71 bits per heavy atom. The lowest BCUT2D eigenvalue weighted by Gasteiger charge is -2.06. The summed E-state index contributed by atoms with van der Waals surface area (Å²) >= 11 is 1.17. The number of nitrogens with one attached hydrogen (secondary N) is 2. The topological polar surface area (TPSA) is 40.7 Å². The second-order valence-corrected chi connectivity index (χ2v) is 5.77. The van der Waals surface area contributed by atoms with Crippen molar-refractivity contribution in [2.75, 3.05) is 12.3 Å². The normalized spacial score (nSPS) is 11.2. The minimum atomic E-state index is -2.28. The van der Waals surface area contributed by atoms with E-state index in [1.54, 1.807) is 0 Å². The molecular weight excluding hydrogens is 292 g/mol. The fourth-order valence-corrected chi connectivity index (χ4v) is 2.62. The van der Waals surface area contributed by atoms with Gasteiger partial charge in [-0.25, -0.2) is 8.78 Å². The minimum Gasteiger partial charge on any atom is -0.313 e. The lowest BCUT2D eigenvalue weighted by atomic mass is 10.1. The van der Waals surface area contributed by atoms with Crippen LogP contribution in [0.3, 0.4) is 0 Å². The number of thioether (sulfide) groups is 1. The lowest BCUT2D eigenvalue weighted by Crippen LogP contribution is -2.13. The summed E-state index contributed by atoms with van der Waals surface area (Å²) in [5.41, 5.74) is 3.10. The molecule has 0 saturated carbocycles. The second-order valence-electron chi connectivity index (χ2n) is 4.67. The van der Waals surface area contributed by atoms with Crippen LogP contribution in [0, 0.1) is 0 Å². The maximum Gasteiger partial charge on any atom is 0.247 e. The molecule has 1 heterocycles. The molecule has 2 rings (SSSR count). The van der Waals surface area contributed by atoms with Crippen molar-refractivity contribution in [2.45, 2.75) is 31.2 Å². The summed E-state index contributed by atoms with van der Waals surface area (Å²) in [5.74, 6) is -0.171. The van der Waals surface area contributed by atoms with Crippen LogP contribution in [0.1, 0.15) is 18.9 Å².